The number of likely N-dealkylation sites (tertiary alicyclic amines) is 1. The number of anilines is 2. The first-order chi connectivity index (χ1) is 17.9. The summed E-state index contributed by atoms with van der Waals surface area (Å²) in [6.07, 6.45) is 5.37. The molecule has 5 rings (SSSR count). The van der Waals surface area contributed by atoms with Crippen LogP contribution in [-0.2, 0) is 0 Å². The number of rotatable bonds is 5. The Bertz CT molecular complexity index is 1520. The lowest BCUT2D eigenvalue weighted by Crippen LogP contribution is -2.40. The number of fused-ring (bicyclic) bond motifs is 1. The van der Waals surface area contributed by atoms with Crippen LogP contribution in [0.25, 0.3) is 28.2 Å². The number of hydrogen-bond donors (Lipinski definition) is 3. The standard InChI is InChI=1S/C26H24ClN7O3/c1-2-15-13-30-24(28)21-22(32-34(23(15)21)17-6-5-11-33(14-17)26(36)37)18-9-8-16(12-19(18)27)25(35)31-20-7-3-4-10-29-20/h2-4,7-10,12-13,17H,1,5-6,11,14H2,(H2,28,30)(H,36,37)(H,29,31,35)/t17-/m1/s1. The van der Waals surface area contributed by atoms with Gasteiger partial charge < -0.3 is 21.1 Å². The maximum Gasteiger partial charge on any atom is 0.407 e. The van der Waals surface area contributed by atoms with Crippen molar-refractivity contribution < 1.29 is 14.7 Å². The van der Waals surface area contributed by atoms with Crippen LogP contribution in [0.5, 0.6) is 0 Å². The number of pyridine rings is 2. The van der Waals surface area contributed by atoms with Crippen molar-refractivity contribution in [2.24, 2.45) is 0 Å². The Labute approximate surface area is 217 Å². The van der Waals surface area contributed by atoms with Gasteiger partial charge in [0.25, 0.3) is 5.91 Å². The van der Waals surface area contributed by atoms with Crippen molar-refractivity contribution in [3.05, 3.63) is 71.5 Å². The average molecular weight is 518 g/mol. The molecular formula is C26H24ClN7O3. The number of benzene rings is 1. The van der Waals surface area contributed by atoms with Crippen LogP contribution < -0.4 is 11.1 Å². The second kappa shape index (κ2) is 9.90. The molecule has 4 aromatic rings. The molecule has 1 fully saturated rings. The van der Waals surface area contributed by atoms with Crippen LogP contribution in [0.15, 0.2) is 55.4 Å². The highest BCUT2D eigenvalue weighted by Crippen LogP contribution is 2.39. The normalized spacial score (nSPS) is 15.5. The van der Waals surface area contributed by atoms with Crippen LogP contribution in [0, 0.1) is 0 Å². The number of nitrogens with two attached hydrogens (primary N) is 1. The number of amides is 2. The van der Waals surface area contributed by atoms with Gasteiger partial charge in [-0.2, -0.15) is 5.10 Å². The lowest BCUT2D eigenvalue weighted by molar-refractivity contribution is 0.102. The van der Waals surface area contributed by atoms with Crippen LogP contribution in [-0.4, -0.2) is 54.8 Å². The van der Waals surface area contributed by atoms with E-state index in [9.17, 15) is 14.7 Å². The Morgan fingerprint density at radius 3 is 2.78 bits per heavy atom. The molecule has 1 aliphatic heterocycles. The van der Waals surface area contributed by atoms with Crippen LogP contribution >= 0.6 is 11.6 Å². The van der Waals surface area contributed by atoms with Crippen LogP contribution in [0.3, 0.4) is 0 Å². The molecule has 1 aromatic carbocycles. The molecule has 3 aromatic heterocycles. The summed E-state index contributed by atoms with van der Waals surface area (Å²) >= 11 is 6.68. The third kappa shape index (κ3) is 4.58. The second-order valence-corrected chi connectivity index (χ2v) is 9.12. The minimum atomic E-state index is -0.964. The highest BCUT2D eigenvalue weighted by Gasteiger charge is 2.29. The summed E-state index contributed by atoms with van der Waals surface area (Å²) in [4.78, 5) is 34.2. The number of nitrogens with zero attached hydrogens (tertiary/aromatic N) is 5. The molecule has 188 valence electrons. The number of piperidine rings is 1. The molecule has 1 aliphatic rings. The molecule has 0 unspecified atom stereocenters. The molecule has 10 nitrogen and oxygen atoms in total. The fraction of sp³-hybridized carbons (Fsp3) is 0.192. The monoisotopic (exact) mass is 517 g/mol. The van der Waals surface area contributed by atoms with E-state index >= 15 is 0 Å². The van der Waals surface area contributed by atoms with Crippen LogP contribution in [0.2, 0.25) is 5.02 Å². The highest BCUT2D eigenvalue weighted by molar-refractivity contribution is 6.34. The van der Waals surface area contributed by atoms with E-state index in [1.54, 1.807) is 54.9 Å². The zero-order valence-electron chi connectivity index (χ0n) is 19.8. The van der Waals surface area contributed by atoms with Crippen molar-refractivity contribution in [3.8, 4) is 11.3 Å². The van der Waals surface area contributed by atoms with E-state index in [1.165, 1.54) is 4.90 Å². The Morgan fingerprint density at radius 2 is 2.08 bits per heavy atom. The van der Waals surface area contributed by atoms with Gasteiger partial charge in [-0.3, -0.25) is 9.48 Å². The number of aromatic nitrogens is 4. The van der Waals surface area contributed by atoms with E-state index < -0.39 is 6.09 Å². The van der Waals surface area contributed by atoms with E-state index in [0.29, 0.717) is 58.1 Å². The van der Waals surface area contributed by atoms with Gasteiger partial charge in [0.05, 0.1) is 22.0 Å². The van der Waals surface area contributed by atoms with Gasteiger partial charge in [-0.15, -0.1) is 0 Å². The van der Waals surface area contributed by atoms with Gasteiger partial charge in [0, 0.05) is 42.2 Å². The summed E-state index contributed by atoms with van der Waals surface area (Å²) in [5.74, 6) is 0.338. The molecule has 11 heteroatoms. The first-order valence-corrected chi connectivity index (χ1v) is 12.0. The molecule has 0 bridgehead atoms. The fourth-order valence-electron chi connectivity index (χ4n) is 4.62. The van der Waals surface area contributed by atoms with Crippen molar-refractivity contribution in [2.75, 3.05) is 24.1 Å². The third-order valence-electron chi connectivity index (χ3n) is 6.41. The molecule has 1 saturated heterocycles. The predicted octanol–water partition coefficient (Wildman–Crippen LogP) is 4.94. The van der Waals surface area contributed by atoms with Crippen LogP contribution in [0.4, 0.5) is 16.4 Å². The van der Waals surface area contributed by atoms with Crippen molar-refractivity contribution in [3.63, 3.8) is 0 Å². The molecule has 0 radical (unpaired) electrons. The van der Waals surface area contributed by atoms with Crippen molar-refractivity contribution in [1.82, 2.24) is 24.6 Å². The molecule has 37 heavy (non-hydrogen) atoms. The topological polar surface area (TPSA) is 139 Å². The summed E-state index contributed by atoms with van der Waals surface area (Å²) in [6.45, 7) is 4.68. The minimum Gasteiger partial charge on any atom is -0.465 e. The third-order valence-corrected chi connectivity index (χ3v) is 6.72. The number of nitrogen functional groups attached to an aromatic ring is 1. The lowest BCUT2D eigenvalue weighted by atomic mass is 10.0. The van der Waals surface area contributed by atoms with Gasteiger partial charge >= 0.3 is 6.09 Å². The van der Waals surface area contributed by atoms with Gasteiger partial charge in [0.2, 0.25) is 0 Å². The van der Waals surface area contributed by atoms with E-state index in [-0.39, 0.29) is 17.8 Å². The zero-order valence-corrected chi connectivity index (χ0v) is 20.5. The van der Waals surface area contributed by atoms with E-state index in [4.69, 9.17) is 22.4 Å². The first kappa shape index (κ1) is 24.3. The van der Waals surface area contributed by atoms with Crippen molar-refractivity contribution in [2.45, 2.75) is 18.9 Å². The summed E-state index contributed by atoms with van der Waals surface area (Å²) in [7, 11) is 0. The molecule has 0 spiro atoms. The quantitative estimate of drug-likeness (QED) is 0.340. The zero-order chi connectivity index (χ0) is 26.1. The van der Waals surface area contributed by atoms with E-state index in [1.807, 2.05) is 4.68 Å². The SMILES string of the molecule is C=Cc1cnc(N)c2c(-c3ccc(C(=O)Nc4ccccn4)cc3Cl)nn([C@@H]3CCCN(C(=O)O)C3)c12. The van der Waals surface area contributed by atoms with Crippen LogP contribution in [0.1, 0.15) is 34.8 Å². The van der Waals surface area contributed by atoms with Gasteiger partial charge in [0.1, 0.15) is 17.3 Å². The number of carboxylic acid groups (broad SMARTS) is 1. The number of halogens is 1. The van der Waals surface area contributed by atoms with Gasteiger partial charge in [-0.05, 0) is 37.1 Å². The summed E-state index contributed by atoms with van der Waals surface area (Å²) in [5.41, 5.74) is 9.18. The molecular weight excluding hydrogens is 494 g/mol. The number of carbonyl (C=O) groups is 2. The van der Waals surface area contributed by atoms with Gasteiger partial charge in [-0.25, -0.2) is 14.8 Å². The fourth-order valence-corrected chi connectivity index (χ4v) is 4.89. The first-order valence-electron chi connectivity index (χ1n) is 11.7. The molecule has 4 N–H and O–H groups in total. The number of carbonyl (C=O) groups excluding carboxylic acids is 1. The molecule has 2 amide bonds. The Morgan fingerprint density at radius 1 is 1.24 bits per heavy atom. The minimum absolute atomic E-state index is 0.205. The van der Waals surface area contributed by atoms with Crippen molar-refractivity contribution >= 4 is 52.2 Å². The average Bonchev–Trinajstić information content (AvgIpc) is 3.31. The molecule has 1 atom stereocenters. The van der Waals surface area contributed by atoms with Gasteiger partial charge in [0.15, 0.2) is 0 Å². The smallest absolute Gasteiger partial charge is 0.407 e. The maximum atomic E-state index is 12.7. The Kier molecular flexibility index (Phi) is 6.49. The largest absolute Gasteiger partial charge is 0.465 e. The number of hydrogen-bond acceptors (Lipinski definition) is 6. The Balaban J connectivity index is 1.58. The molecule has 4 heterocycles. The van der Waals surface area contributed by atoms with Gasteiger partial charge in [-0.1, -0.05) is 36.4 Å². The molecule has 0 saturated carbocycles. The maximum absolute atomic E-state index is 12.7. The second-order valence-electron chi connectivity index (χ2n) is 8.71. The van der Waals surface area contributed by atoms with E-state index in [2.05, 4.69) is 21.9 Å². The van der Waals surface area contributed by atoms with Crippen molar-refractivity contribution in [1.29, 1.82) is 0 Å². The summed E-state index contributed by atoms with van der Waals surface area (Å²) in [5, 5.41) is 18.1. The summed E-state index contributed by atoms with van der Waals surface area (Å²) in [6, 6.07) is 9.95. The van der Waals surface area contributed by atoms with E-state index in [0.717, 1.165) is 12.0 Å². The lowest BCUT2D eigenvalue weighted by Gasteiger charge is -2.31. The number of nitrogens with one attached hydrogen (secondary N) is 1. The predicted molar refractivity (Wildman–Crippen MR) is 143 cm³/mol. The molecule has 0 aliphatic carbocycles. The Hall–Kier alpha value is -4.44. The summed E-state index contributed by atoms with van der Waals surface area (Å²) < 4.78 is 1.81. The highest BCUT2D eigenvalue weighted by atomic mass is 35.5.